The van der Waals surface area contributed by atoms with Crippen LogP contribution in [0.3, 0.4) is 0 Å². The summed E-state index contributed by atoms with van der Waals surface area (Å²) in [6.07, 6.45) is 6.09. The Bertz CT molecular complexity index is 736. The monoisotopic (exact) mass is 318 g/mol. The number of carbonyl (C=O) groups excluding carboxylic acids is 1. The molecule has 3 heterocycles. The minimum atomic E-state index is 0.620. The fourth-order valence-corrected chi connectivity index (χ4v) is 2.49. The second-order valence-corrected chi connectivity index (χ2v) is 5.49. The standard InChI is InChI=1S/C19H18N4O/c24-15-16-7-10-22-19(11-16)14-23(12-17-5-1-3-8-20-17)13-18-6-2-4-9-21-18/h1-11,15H,12-14H2. The summed E-state index contributed by atoms with van der Waals surface area (Å²) in [6.45, 7) is 1.99. The third kappa shape index (κ3) is 4.54. The highest BCUT2D eigenvalue weighted by molar-refractivity contribution is 5.74. The Morgan fingerprint density at radius 3 is 1.88 bits per heavy atom. The molecule has 0 aromatic carbocycles. The third-order valence-corrected chi connectivity index (χ3v) is 3.59. The molecular formula is C19H18N4O. The van der Waals surface area contributed by atoms with Gasteiger partial charge in [-0.05, 0) is 36.4 Å². The van der Waals surface area contributed by atoms with Crippen LogP contribution in [0.15, 0.2) is 67.1 Å². The van der Waals surface area contributed by atoms with Crippen molar-refractivity contribution >= 4 is 6.29 Å². The zero-order valence-electron chi connectivity index (χ0n) is 13.2. The van der Waals surface area contributed by atoms with Crippen molar-refractivity contribution in [3.05, 3.63) is 89.8 Å². The second-order valence-electron chi connectivity index (χ2n) is 5.49. The van der Waals surface area contributed by atoms with Crippen molar-refractivity contribution in [2.45, 2.75) is 19.6 Å². The van der Waals surface area contributed by atoms with E-state index in [9.17, 15) is 4.79 Å². The molecule has 3 rings (SSSR count). The Morgan fingerprint density at radius 1 is 0.750 bits per heavy atom. The number of rotatable bonds is 7. The van der Waals surface area contributed by atoms with Gasteiger partial charge in [-0.2, -0.15) is 0 Å². The Labute approximate surface area is 141 Å². The largest absolute Gasteiger partial charge is 0.298 e. The van der Waals surface area contributed by atoms with E-state index in [0.29, 0.717) is 25.2 Å². The van der Waals surface area contributed by atoms with Gasteiger partial charge in [0.1, 0.15) is 6.29 Å². The lowest BCUT2D eigenvalue weighted by atomic mass is 10.2. The van der Waals surface area contributed by atoms with Gasteiger partial charge < -0.3 is 0 Å². The normalized spacial score (nSPS) is 10.7. The van der Waals surface area contributed by atoms with E-state index < -0.39 is 0 Å². The summed E-state index contributed by atoms with van der Waals surface area (Å²) in [5, 5.41) is 0. The summed E-state index contributed by atoms with van der Waals surface area (Å²) in [7, 11) is 0. The SMILES string of the molecule is O=Cc1ccnc(CN(Cc2ccccn2)Cc2ccccn2)c1. The molecule has 0 spiro atoms. The van der Waals surface area contributed by atoms with Crippen LogP contribution in [0.5, 0.6) is 0 Å². The molecule has 5 nitrogen and oxygen atoms in total. The fourth-order valence-electron chi connectivity index (χ4n) is 2.49. The van der Waals surface area contributed by atoms with Crippen LogP contribution in [0.2, 0.25) is 0 Å². The van der Waals surface area contributed by atoms with Crippen LogP contribution in [-0.2, 0) is 19.6 Å². The molecule has 0 saturated carbocycles. The molecule has 0 aliphatic heterocycles. The number of carbonyl (C=O) groups is 1. The molecule has 0 amide bonds. The van der Waals surface area contributed by atoms with Gasteiger partial charge in [-0.25, -0.2) is 0 Å². The molecule has 3 aromatic rings. The molecule has 0 saturated heterocycles. The summed E-state index contributed by atoms with van der Waals surface area (Å²) >= 11 is 0. The zero-order chi connectivity index (χ0) is 16.6. The van der Waals surface area contributed by atoms with Crippen LogP contribution in [-0.4, -0.2) is 26.1 Å². The topological polar surface area (TPSA) is 59.0 Å². The van der Waals surface area contributed by atoms with Crippen molar-refractivity contribution in [2.75, 3.05) is 0 Å². The molecule has 0 N–H and O–H groups in total. The number of hydrogen-bond donors (Lipinski definition) is 0. The molecule has 0 atom stereocenters. The fraction of sp³-hybridized carbons (Fsp3) is 0.158. The Morgan fingerprint density at radius 2 is 1.33 bits per heavy atom. The average molecular weight is 318 g/mol. The van der Waals surface area contributed by atoms with E-state index >= 15 is 0 Å². The maximum Gasteiger partial charge on any atom is 0.150 e. The lowest BCUT2D eigenvalue weighted by Crippen LogP contribution is -2.24. The maximum atomic E-state index is 11.0. The Balaban J connectivity index is 1.79. The summed E-state index contributed by atoms with van der Waals surface area (Å²) in [5.41, 5.74) is 3.46. The minimum Gasteiger partial charge on any atom is -0.298 e. The van der Waals surface area contributed by atoms with E-state index in [1.54, 1.807) is 24.7 Å². The van der Waals surface area contributed by atoms with Gasteiger partial charge in [0.25, 0.3) is 0 Å². The van der Waals surface area contributed by atoms with Crippen molar-refractivity contribution in [2.24, 2.45) is 0 Å². The van der Waals surface area contributed by atoms with Crippen molar-refractivity contribution in [3.63, 3.8) is 0 Å². The summed E-state index contributed by atoms with van der Waals surface area (Å²) in [4.78, 5) is 26.3. The van der Waals surface area contributed by atoms with E-state index in [1.807, 2.05) is 42.5 Å². The van der Waals surface area contributed by atoms with Gasteiger partial charge in [0, 0.05) is 43.8 Å². The predicted octanol–water partition coefficient (Wildman–Crippen LogP) is 2.89. The molecule has 0 aliphatic carbocycles. The highest BCUT2D eigenvalue weighted by Gasteiger charge is 2.11. The maximum absolute atomic E-state index is 11.0. The van der Waals surface area contributed by atoms with E-state index in [1.165, 1.54) is 0 Å². The number of pyridine rings is 3. The second kappa shape index (κ2) is 8.08. The first-order valence-corrected chi connectivity index (χ1v) is 7.76. The Hall–Kier alpha value is -2.92. The molecule has 24 heavy (non-hydrogen) atoms. The van der Waals surface area contributed by atoms with Gasteiger partial charge in [-0.1, -0.05) is 12.1 Å². The summed E-state index contributed by atoms with van der Waals surface area (Å²) in [6, 6.07) is 15.3. The molecular weight excluding hydrogens is 300 g/mol. The minimum absolute atomic E-state index is 0.620. The van der Waals surface area contributed by atoms with E-state index in [4.69, 9.17) is 0 Å². The van der Waals surface area contributed by atoms with Crippen molar-refractivity contribution < 1.29 is 4.79 Å². The molecule has 0 fully saturated rings. The first-order chi connectivity index (χ1) is 11.8. The van der Waals surface area contributed by atoms with Crippen LogP contribution in [0.1, 0.15) is 27.4 Å². The summed E-state index contributed by atoms with van der Waals surface area (Å²) in [5.74, 6) is 0. The molecule has 3 aromatic heterocycles. The van der Waals surface area contributed by atoms with Crippen LogP contribution >= 0.6 is 0 Å². The molecule has 0 radical (unpaired) electrons. The number of nitrogens with zero attached hydrogens (tertiary/aromatic N) is 4. The molecule has 5 heteroatoms. The molecule has 0 bridgehead atoms. The lowest BCUT2D eigenvalue weighted by Gasteiger charge is -2.21. The number of aromatic nitrogens is 3. The van der Waals surface area contributed by atoms with Crippen LogP contribution < -0.4 is 0 Å². The quantitative estimate of drug-likeness (QED) is 0.627. The van der Waals surface area contributed by atoms with Gasteiger partial charge in [-0.15, -0.1) is 0 Å². The van der Waals surface area contributed by atoms with E-state index in [-0.39, 0.29) is 0 Å². The number of aldehydes is 1. The van der Waals surface area contributed by atoms with Crippen molar-refractivity contribution in [3.8, 4) is 0 Å². The van der Waals surface area contributed by atoms with E-state index in [2.05, 4.69) is 19.9 Å². The lowest BCUT2D eigenvalue weighted by molar-refractivity contribution is 0.112. The van der Waals surface area contributed by atoms with Gasteiger partial charge in [0.05, 0.1) is 17.1 Å². The van der Waals surface area contributed by atoms with Crippen LogP contribution in [0.4, 0.5) is 0 Å². The third-order valence-electron chi connectivity index (χ3n) is 3.59. The van der Waals surface area contributed by atoms with Crippen LogP contribution in [0, 0.1) is 0 Å². The molecule has 120 valence electrons. The predicted molar refractivity (Wildman–Crippen MR) is 91.0 cm³/mol. The number of hydrogen-bond acceptors (Lipinski definition) is 5. The zero-order valence-corrected chi connectivity index (χ0v) is 13.2. The highest BCUT2D eigenvalue weighted by Crippen LogP contribution is 2.11. The van der Waals surface area contributed by atoms with Crippen molar-refractivity contribution in [1.29, 1.82) is 0 Å². The first kappa shape index (κ1) is 16.0. The smallest absolute Gasteiger partial charge is 0.150 e. The summed E-state index contributed by atoms with van der Waals surface area (Å²) < 4.78 is 0. The Kier molecular flexibility index (Phi) is 5.37. The van der Waals surface area contributed by atoms with Gasteiger partial charge in [0.2, 0.25) is 0 Å². The molecule has 0 unspecified atom stereocenters. The van der Waals surface area contributed by atoms with Gasteiger partial charge in [0.15, 0.2) is 0 Å². The van der Waals surface area contributed by atoms with Crippen LogP contribution in [0.25, 0.3) is 0 Å². The van der Waals surface area contributed by atoms with Gasteiger partial charge >= 0.3 is 0 Å². The van der Waals surface area contributed by atoms with E-state index in [0.717, 1.165) is 23.4 Å². The molecule has 0 aliphatic rings. The first-order valence-electron chi connectivity index (χ1n) is 7.76. The highest BCUT2D eigenvalue weighted by atomic mass is 16.1. The van der Waals surface area contributed by atoms with Gasteiger partial charge in [-0.3, -0.25) is 24.6 Å². The average Bonchev–Trinajstić information content (AvgIpc) is 2.63. The van der Waals surface area contributed by atoms with Crippen molar-refractivity contribution in [1.82, 2.24) is 19.9 Å².